The maximum atomic E-state index is 12.7. The molecule has 1 rings (SSSR count). The SMILES string of the molecule is C=C(C)O[Si](C)(C)c1ccc(F)cc1. The fourth-order valence-corrected chi connectivity index (χ4v) is 3.30. The quantitative estimate of drug-likeness (QED) is 0.550. The normalized spacial score (nSPS) is 11.1. The molecule has 0 spiro atoms. The average molecular weight is 210 g/mol. The third-order valence-electron chi connectivity index (χ3n) is 1.97. The fraction of sp³-hybridized carbons (Fsp3) is 0.273. The molecule has 0 radical (unpaired) electrons. The van der Waals surface area contributed by atoms with E-state index in [1.165, 1.54) is 12.1 Å². The molecule has 14 heavy (non-hydrogen) atoms. The van der Waals surface area contributed by atoms with Gasteiger partial charge < -0.3 is 4.43 Å². The lowest BCUT2D eigenvalue weighted by Crippen LogP contribution is -2.44. The van der Waals surface area contributed by atoms with Gasteiger partial charge in [-0.25, -0.2) is 4.39 Å². The highest BCUT2D eigenvalue weighted by molar-refractivity contribution is 6.84. The predicted octanol–water partition coefficient (Wildman–Crippen LogP) is 2.79. The highest BCUT2D eigenvalue weighted by Gasteiger charge is 2.26. The molecule has 0 aromatic heterocycles. The molecule has 0 saturated heterocycles. The van der Waals surface area contributed by atoms with Gasteiger partial charge in [0.1, 0.15) is 5.82 Å². The van der Waals surface area contributed by atoms with E-state index in [4.69, 9.17) is 4.43 Å². The van der Waals surface area contributed by atoms with E-state index in [9.17, 15) is 4.39 Å². The van der Waals surface area contributed by atoms with Gasteiger partial charge in [-0.15, -0.1) is 0 Å². The number of halogens is 1. The van der Waals surface area contributed by atoms with Gasteiger partial charge in [-0.3, -0.25) is 0 Å². The monoisotopic (exact) mass is 210 g/mol. The van der Waals surface area contributed by atoms with Gasteiger partial charge in [0, 0.05) is 0 Å². The average Bonchev–Trinajstić information content (AvgIpc) is 2.02. The van der Waals surface area contributed by atoms with Crippen molar-refractivity contribution in [1.29, 1.82) is 0 Å². The van der Waals surface area contributed by atoms with Crippen LogP contribution in [0.4, 0.5) is 4.39 Å². The van der Waals surface area contributed by atoms with E-state index >= 15 is 0 Å². The van der Waals surface area contributed by atoms with E-state index in [2.05, 4.69) is 19.7 Å². The van der Waals surface area contributed by atoms with Crippen molar-refractivity contribution in [2.24, 2.45) is 0 Å². The van der Waals surface area contributed by atoms with Gasteiger partial charge in [-0.05, 0) is 37.3 Å². The predicted molar refractivity (Wildman–Crippen MR) is 59.4 cm³/mol. The van der Waals surface area contributed by atoms with Crippen LogP contribution in [0.2, 0.25) is 13.1 Å². The number of benzene rings is 1. The first-order valence-corrected chi connectivity index (χ1v) is 7.43. The molecule has 0 N–H and O–H groups in total. The molecule has 0 amide bonds. The first kappa shape index (κ1) is 11.0. The van der Waals surface area contributed by atoms with Gasteiger partial charge in [-0.1, -0.05) is 18.7 Å². The lowest BCUT2D eigenvalue weighted by molar-refractivity contribution is 0.432. The molecule has 1 nitrogen and oxygen atoms in total. The summed E-state index contributed by atoms with van der Waals surface area (Å²) in [4.78, 5) is 0. The summed E-state index contributed by atoms with van der Waals surface area (Å²) in [5.74, 6) is 0.500. The molecule has 1 aromatic rings. The second kappa shape index (κ2) is 3.96. The largest absolute Gasteiger partial charge is 0.543 e. The van der Waals surface area contributed by atoms with Crippen LogP contribution in [-0.4, -0.2) is 8.32 Å². The van der Waals surface area contributed by atoms with Gasteiger partial charge in [0.25, 0.3) is 8.32 Å². The molecule has 1 aromatic carbocycles. The van der Waals surface area contributed by atoms with E-state index in [0.29, 0.717) is 5.76 Å². The summed E-state index contributed by atoms with van der Waals surface area (Å²) >= 11 is 0. The highest BCUT2D eigenvalue weighted by Crippen LogP contribution is 2.10. The Morgan fingerprint density at radius 1 is 1.29 bits per heavy atom. The van der Waals surface area contributed by atoms with Crippen LogP contribution >= 0.6 is 0 Å². The Morgan fingerprint density at radius 3 is 2.21 bits per heavy atom. The van der Waals surface area contributed by atoms with Crippen LogP contribution in [-0.2, 0) is 4.43 Å². The van der Waals surface area contributed by atoms with Gasteiger partial charge >= 0.3 is 0 Å². The second-order valence-corrected chi connectivity index (χ2v) is 7.62. The molecule has 0 aliphatic heterocycles. The van der Waals surface area contributed by atoms with Crippen LogP contribution in [0.25, 0.3) is 0 Å². The molecule has 0 atom stereocenters. The van der Waals surface area contributed by atoms with Crippen molar-refractivity contribution in [2.75, 3.05) is 0 Å². The van der Waals surface area contributed by atoms with Crippen molar-refractivity contribution in [1.82, 2.24) is 0 Å². The zero-order valence-corrected chi connectivity index (χ0v) is 9.80. The van der Waals surface area contributed by atoms with Crippen molar-refractivity contribution in [3.63, 3.8) is 0 Å². The first-order valence-electron chi connectivity index (χ1n) is 4.52. The van der Waals surface area contributed by atoms with Crippen LogP contribution in [0.1, 0.15) is 6.92 Å². The van der Waals surface area contributed by atoms with Gasteiger partial charge in [0.05, 0.1) is 5.76 Å². The summed E-state index contributed by atoms with van der Waals surface area (Å²) < 4.78 is 18.4. The molecule has 0 fully saturated rings. The van der Waals surface area contributed by atoms with E-state index in [0.717, 1.165) is 5.19 Å². The third-order valence-corrected chi connectivity index (χ3v) is 4.55. The molecular weight excluding hydrogens is 195 g/mol. The smallest absolute Gasteiger partial charge is 0.276 e. The molecule has 3 heteroatoms. The fourth-order valence-electron chi connectivity index (χ4n) is 1.35. The minimum Gasteiger partial charge on any atom is -0.543 e. The molecule has 0 heterocycles. The minimum atomic E-state index is -1.93. The van der Waals surface area contributed by atoms with Gasteiger partial charge in [0.15, 0.2) is 0 Å². The summed E-state index contributed by atoms with van der Waals surface area (Å²) in [6.07, 6.45) is 0. The van der Waals surface area contributed by atoms with Crippen LogP contribution in [0, 0.1) is 5.82 Å². The summed E-state index contributed by atoms with van der Waals surface area (Å²) in [5, 5.41) is 1.07. The van der Waals surface area contributed by atoms with E-state index in [1.54, 1.807) is 12.1 Å². The maximum absolute atomic E-state index is 12.7. The van der Waals surface area contributed by atoms with Crippen LogP contribution in [0.5, 0.6) is 0 Å². The van der Waals surface area contributed by atoms with E-state index in [-0.39, 0.29) is 5.82 Å². The Balaban J connectivity index is 2.91. The standard InChI is InChI=1S/C11H15FOSi/c1-9(2)13-14(3,4)11-7-5-10(12)6-8-11/h5-8H,1H2,2-4H3. The maximum Gasteiger partial charge on any atom is 0.276 e. The Hall–Kier alpha value is -1.09. The van der Waals surface area contributed by atoms with Crippen LogP contribution in [0.3, 0.4) is 0 Å². The lowest BCUT2D eigenvalue weighted by Gasteiger charge is -2.24. The molecule has 0 aliphatic carbocycles. The second-order valence-electron chi connectivity index (χ2n) is 3.82. The molecule has 0 aliphatic rings. The molecule has 0 unspecified atom stereocenters. The van der Waals surface area contributed by atoms with Crippen molar-refractivity contribution in [3.05, 3.63) is 42.4 Å². The number of hydrogen-bond acceptors (Lipinski definition) is 1. The summed E-state index contributed by atoms with van der Waals surface area (Å²) in [6.45, 7) is 9.68. The van der Waals surface area contributed by atoms with Gasteiger partial charge in [0.2, 0.25) is 0 Å². The summed E-state index contributed by atoms with van der Waals surface area (Å²) in [5.41, 5.74) is 0. The number of rotatable bonds is 3. The van der Waals surface area contributed by atoms with E-state index in [1.807, 2.05) is 6.92 Å². The summed E-state index contributed by atoms with van der Waals surface area (Å²) in [6, 6.07) is 6.49. The number of allylic oxidation sites excluding steroid dienone is 1. The van der Waals surface area contributed by atoms with Crippen LogP contribution in [0.15, 0.2) is 36.6 Å². The zero-order chi connectivity index (χ0) is 10.8. The van der Waals surface area contributed by atoms with Gasteiger partial charge in [-0.2, -0.15) is 0 Å². The molecular formula is C11H15FOSi. The Bertz CT molecular complexity index is 330. The van der Waals surface area contributed by atoms with Crippen molar-refractivity contribution < 1.29 is 8.82 Å². The molecule has 76 valence electrons. The topological polar surface area (TPSA) is 9.23 Å². The van der Waals surface area contributed by atoms with Crippen LogP contribution < -0.4 is 5.19 Å². The van der Waals surface area contributed by atoms with Crippen molar-refractivity contribution >= 4 is 13.5 Å². The Kier molecular flexibility index (Phi) is 3.11. The lowest BCUT2D eigenvalue weighted by atomic mass is 10.3. The first-order chi connectivity index (χ1) is 6.42. The Morgan fingerprint density at radius 2 is 1.79 bits per heavy atom. The highest BCUT2D eigenvalue weighted by atomic mass is 28.4. The number of hydrogen-bond donors (Lipinski definition) is 0. The van der Waals surface area contributed by atoms with Crippen molar-refractivity contribution in [3.8, 4) is 0 Å². The third kappa shape index (κ3) is 2.70. The molecule has 0 bridgehead atoms. The van der Waals surface area contributed by atoms with E-state index < -0.39 is 8.32 Å². The minimum absolute atomic E-state index is 0.214. The Labute approximate surface area is 85.3 Å². The van der Waals surface area contributed by atoms with Crippen molar-refractivity contribution in [2.45, 2.75) is 20.0 Å². The zero-order valence-electron chi connectivity index (χ0n) is 8.80. The molecule has 0 saturated carbocycles. The summed E-state index contributed by atoms with van der Waals surface area (Å²) in [7, 11) is -1.93.